The molecule has 0 aromatic carbocycles. The van der Waals surface area contributed by atoms with Crippen LogP contribution in [-0.4, -0.2) is 22.8 Å². The summed E-state index contributed by atoms with van der Waals surface area (Å²) in [5.41, 5.74) is 0.870. The van der Waals surface area contributed by atoms with Crippen LogP contribution in [0.25, 0.3) is 0 Å². The van der Waals surface area contributed by atoms with E-state index in [2.05, 4.69) is 4.74 Å². The number of hydrogen-bond acceptors (Lipinski definition) is 3. The molecule has 0 bridgehead atoms. The number of aromatic nitrogens is 1. The molecular weight excluding hydrogens is 182 g/mol. The van der Waals surface area contributed by atoms with Gasteiger partial charge in [0.05, 0.1) is 13.7 Å². The van der Waals surface area contributed by atoms with Crippen molar-refractivity contribution < 1.29 is 14.6 Å². The first-order valence-electron chi connectivity index (χ1n) is 4.59. The number of aliphatic hydroxyl groups excluding tert-OH is 1. The molecule has 4 heteroatoms. The number of hydrogen-bond donors (Lipinski definition) is 1. The predicted molar refractivity (Wildman–Crippen MR) is 51.6 cm³/mol. The Bertz CT molecular complexity index is 293. The van der Waals surface area contributed by atoms with Crippen LogP contribution in [0.2, 0.25) is 0 Å². The number of ether oxygens (including phenoxy) is 1. The molecule has 1 aromatic heterocycles. The number of carbonyl (C=O) groups is 1. The highest BCUT2D eigenvalue weighted by Crippen LogP contribution is 2.04. The minimum Gasteiger partial charge on any atom is -0.469 e. The van der Waals surface area contributed by atoms with E-state index >= 15 is 0 Å². The highest BCUT2D eigenvalue weighted by Gasteiger charge is 2.02. The lowest BCUT2D eigenvalue weighted by Crippen LogP contribution is -2.05. The molecule has 1 rings (SSSR count). The van der Waals surface area contributed by atoms with Crippen LogP contribution in [0.1, 0.15) is 18.5 Å². The van der Waals surface area contributed by atoms with Gasteiger partial charge in [0.2, 0.25) is 0 Å². The second-order valence-electron chi connectivity index (χ2n) is 3.03. The first kappa shape index (κ1) is 10.8. The third-order valence-electron chi connectivity index (χ3n) is 2.09. The summed E-state index contributed by atoms with van der Waals surface area (Å²) < 4.78 is 6.46. The molecule has 0 radical (unpaired) electrons. The van der Waals surface area contributed by atoms with Gasteiger partial charge in [-0.15, -0.1) is 0 Å². The van der Waals surface area contributed by atoms with Crippen LogP contribution in [0.4, 0.5) is 0 Å². The van der Waals surface area contributed by atoms with Gasteiger partial charge in [0, 0.05) is 24.9 Å². The van der Waals surface area contributed by atoms with E-state index in [1.807, 2.05) is 22.9 Å². The number of nitrogens with zero attached hydrogens (tertiary/aromatic N) is 1. The van der Waals surface area contributed by atoms with Crippen molar-refractivity contribution >= 4 is 5.97 Å². The maximum Gasteiger partial charge on any atom is 0.305 e. The Kier molecular flexibility index (Phi) is 4.19. The van der Waals surface area contributed by atoms with Gasteiger partial charge in [-0.25, -0.2) is 0 Å². The van der Waals surface area contributed by atoms with Crippen LogP contribution < -0.4 is 0 Å². The Morgan fingerprint density at radius 3 is 3.07 bits per heavy atom. The fourth-order valence-corrected chi connectivity index (χ4v) is 1.31. The van der Waals surface area contributed by atoms with Gasteiger partial charge < -0.3 is 14.4 Å². The number of aryl methyl sites for hydroxylation is 1. The summed E-state index contributed by atoms with van der Waals surface area (Å²) in [6.07, 6.45) is 3.04. The van der Waals surface area contributed by atoms with Crippen LogP contribution in [-0.2, 0) is 22.7 Å². The van der Waals surface area contributed by atoms with Gasteiger partial charge in [-0.1, -0.05) is 0 Å². The number of carbonyl (C=O) groups excluding carboxylic acids is 1. The van der Waals surface area contributed by atoms with E-state index in [-0.39, 0.29) is 12.6 Å². The van der Waals surface area contributed by atoms with Gasteiger partial charge in [0.1, 0.15) is 0 Å². The fraction of sp³-hybridized carbons (Fsp3) is 0.500. The SMILES string of the molecule is COC(=O)CCCn1cccc1CO. The minimum atomic E-state index is -0.192. The van der Waals surface area contributed by atoms with E-state index < -0.39 is 0 Å². The van der Waals surface area contributed by atoms with Crippen molar-refractivity contribution in [1.82, 2.24) is 4.57 Å². The summed E-state index contributed by atoms with van der Waals surface area (Å²) in [5.74, 6) is -0.192. The van der Waals surface area contributed by atoms with Crippen molar-refractivity contribution in [1.29, 1.82) is 0 Å². The Morgan fingerprint density at radius 2 is 2.43 bits per heavy atom. The monoisotopic (exact) mass is 197 g/mol. The molecule has 1 heterocycles. The first-order valence-corrected chi connectivity index (χ1v) is 4.59. The summed E-state index contributed by atoms with van der Waals surface area (Å²) in [6.45, 7) is 0.767. The normalized spacial score (nSPS) is 10.1. The molecule has 0 saturated carbocycles. The van der Waals surface area contributed by atoms with Crippen molar-refractivity contribution in [3.8, 4) is 0 Å². The van der Waals surface area contributed by atoms with Gasteiger partial charge in [0.25, 0.3) is 0 Å². The molecule has 0 fully saturated rings. The highest BCUT2D eigenvalue weighted by atomic mass is 16.5. The second-order valence-corrected chi connectivity index (χ2v) is 3.03. The molecule has 4 nitrogen and oxygen atoms in total. The highest BCUT2D eigenvalue weighted by molar-refractivity contribution is 5.68. The standard InChI is InChI=1S/C10H15NO3/c1-14-10(13)5-3-7-11-6-2-4-9(11)8-12/h2,4,6,12H,3,5,7-8H2,1H3. The molecule has 14 heavy (non-hydrogen) atoms. The second kappa shape index (κ2) is 5.44. The molecule has 0 amide bonds. The third kappa shape index (κ3) is 2.88. The van der Waals surface area contributed by atoms with Crippen LogP contribution in [0.3, 0.4) is 0 Å². The van der Waals surface area contributed by atoms with Crippen molar-refractivity contribution in [2.75, 3.05) is 7.11 Å². The average molecular weight is 197 g/mol. The van der Waals surface area contributed by atoms with Gasteiger partial charge >= 0.3 is 5.97 Å². The lowest BCUT2D eigenvalue weighted by atomic mass is 10.3. The molecule has 0 saturated heterocycles. The van der Waals surface area contributed by atoms with Gasteiger partial charge in [-0.2, -0.15) is 0 Å². The lowest BCUT2D eigenvalue weighted by molar-refractivity contribution is -0.140. The molecule has 0 aliphatic heterocycles. The van der Waals surface area contributed by atoms with E-state index in [1.54, 1.807) is 0 Å². The molecule has 0 aliphatic carbocycles. The molecule has 78 valence electrons. The zero-order valence-corrected chi connectivity index (χ0v) is 8.27. The molecular formula is C10H15NO3. The summed E-state index contributed by atoms with van der Waals surface area (Å²) in [6, 6.07) is 3.74. The van der Waals surface area contributed by atoms with Crippen molar-refractivity contribution in [2.24, 2.45) is 0 Å². The average Bonchev–Trinajstić information content (AvgIpc) is 2.65. The lowest BCUT2D eigenvalue weighted by Gasteiger charge is -2.06. The van der Waals surface area contributed by atoms with E-state index in [1.165, 1.54) is 7.11 Å². The van der Waals surface area contributed by atoms with E-state index in [0.717, 1.165) is 18.7 Å². The third-order valence-corrected chi connectivity index (χ3v) is 2.09. The summed E-state index contributed by atoms with van der Waals surface area (Å²) in [4.78, 5) is 10.8. The Hall–Kier alpha value is -1.29. The minimum absolute atomic E-state index is 0.0330. The summed E-state index contributed by atoms with van der Waals surface area (Å²) in [5, 5.41) is 8.95. The number of esters is 1. The molecule has 1 aromatic rings. The maximum atomic E-state index is 10.8. The van der Waals surface area contributed by atoms with Crippen molar-refractivity contribution in [2.45, 2.75) is 26.0 Å². The smallest absolute Gasteiger partial charge is 0.305 e. The quantitative estimate of drug-likeness (QED) is 0.714. The van der Waals surface area contributed by atoms with Gasteiger partial charge in [-0.3, -0.25) is 4.79 Å². The zero-order valence-electron chi connectivity index (χ0n) is 8.27. The summed E-state index contributed by atoms with van der Waals surface area (Å²) >= 11 is 0. The fourth-order valence-electron chi connectivity index (χ4n) is 1.31. The molecule has 0 unspecified atom stereocenters. The largest absolute Gasteiger partial charge is 0.469 e. The maximum absolute atomic E-state index is 10.8. The van der Waals surface area contributed by atoms with Crippen LogP contribution in [0.5, 0.6) is 0 Å². The summed E-state index contributed by atoms with van der Waals surface area (Å²) in [7, 11) is 1.39. The van der Waals surface area contributed by atoms with E-state index in [9.17, 15) is 4.79 Å². The van der Waals surface area contributed by atoms with E-state index in [0.29, 0.717) is 6.42 Å². The number of aliphatic hydroxyl groups is 1. The number of methoxy groups -OCH3 is 1. The topological polar surface area (TPSA) is 51.5 Å². The first-order chi connectivity index (χ1) is 6.77. The molecule has 0 aliphatic rings. The predicted octanol–water partition coefficient (Wildman–Crippen LogP) is 0.934. The molecule has 1 N–H and O–H groups in total. The van der Waals surface area contributed by atoms with Crippen molar-refractivity contribution in [3.63, 3.8) is 0 Å². The number of rotatable bonds is 5. The molecule has 0 atom stereocenters. The molecule has 0 spiro atoms. The zero-order chi connectivity index (χ0) is 10.4. The Labute approximate surface area is 83.1 Å². The van der Waals surface area contributed by atoms with Crippen LogP contribution >= 0.6 is 0 Å². The van der Waals surface area contributed by atoms with E-state index in [4.69, 9.17) is 5.11 Å². The van der Waals surface area contributed by atoms with Gasteiger partial charge in [0.15, 0.2) is 0 Å². The Balaban J connectivity index is 2.34. The van der Waals surface area contributed by atoms with Crippen LogP contribution in [0, 0.1) is 0 Å². The van der Waals surface area contributed by atoms with Crippen LogP contribution in [0.15, 0.2) is 18.3 Å². The van der Waals surface area contributed by atoms with Gasteiger partial charge in [-0.05, 0) is 18.6 Å². The van der Waals surface area contributed by atoms with Crippen molar-refractivity contribution in [3.05, 3.63) is 24.0 Å². The Morgan fingerprint density at radius 1 is 1.64 bits per heavy atom.